The fourth-order valence-electron chi connectivity index (χ4n) is 2.42. The summed E-state index contributed by atoms with van der Waals surface area (Å²) < 4.78 is 6.10. The SMILES string of the molecule is CCCCCC[C@H]1CCC[C@@H](C)[C@H](C)O1. The monoisotopic (exact) mass is 212 g/mol. The van der Waals surface area contributed by atoms with Gasteiger partial charge in [0.25, 0.3) is 0 Å². The third-order valence-electron chi connectivity index (χ3n) is 3.77. The summed E-state index contributed by atoms with van der Waals surface area (Å²) >= 11 is 0. The van der Waals surface area contributed by atoms with E-state index in [1.54, 1.807) is 0 Å². The van der Waals surface area contributed by atoms with Gasteiger partial charge in [0.05, 0.1) is 12.2 Å². The summed E-state index contributed by atoms with van der Waals surface area (Å²) in [7, 11) is 0. The van der Waals surface area contributed by atoms with Crippen LogP contribution in [0.5, 0.6) is 0 Å². The summed E-state index contributed by atoms with van der Waals surface area (Å²) in [6.07, 6.45) is 11.8. The molecule has 0 bridgehead atoms. The fourth-order valence-corrected chi connectivity index (χ4v) is 2.42. The van der Waals surface area contributed by atoms with Crippen molar-refractivity contribution in [3.05, 3.63) is 0 Å². The molecule has 0 saturated carbocycles. The van der Waals surface area contributed by atoms with Crippen LogP contribution in [0, 0.1) is 5.92 Å². The van der Waals surface area contributed by atoms with Crippen LogP contribution in [0.2, 0.25) is 0 Å². The van der Waals surface area contributed by atoms with Crippen molar-refractivity contribution < 1.29 is 4.74 Å². The number of ether oxygens (including phenoxy) is 1. The lowest BCUT2D eigenvalue weighted by Crippen LogP contribution is -2.21. The third-order valence-corrected chi connectivity index (χ3v) is 3.77. The van der Waals surface area contributed by atoms with Crippen molar-refractivity contribution in [1.82, 2.24) is 0 Å². The average Bonchev–Trinajstić information content (AvgIpc) is 2.37. The lowest BCUT2D eigenvalue weighted by molar-refractivity contribution is -0.0223. The largest absolute Gasteiger partial charge is 0.375 e. The highest BCUT2D eigenvalue weighted by atomic mass is 16.5. The fraction of sp³-hybridized carbons (Fsp3) is 1.00. The van der Waals surface area contributed by atoms with Crippen molar-refractivity contribution in [3.8, 4) is 0 Å². The molecule has 0 spiro atoms. The predicted molar refractivity (Wildman–Crippen MR) is 66.1 cm³/mol. The molecule has 3 atom stereocenters. The van der Waals surface area contributed by atoms with E-state index in [9.17, 15) is 0 Å². The number of hydrogen-bond donors (Lipinski definition) is 0. The highest BCUT2D eigenvalue weighted by molar-refractivity contribution is 4.71. The van der Waals surface area contributed by atoms with Crippen LogP contribution in [0.25, 0.3) is 0 Å². The first-order valence-electron chi connectivity index (χ1n) is 6.89. The molecule has 0 N–H and O–H groups in total. The van der Waals surface area contributed by atoms with Crippen molar-refractivity contribution in [2.45, 2.75) is 84.3 Å². The Morgan fingerprint density at radius 2 is 1.87 bits per heavy atom. The van der Waals surface area contributed by atoms with E-state index in [1.165, 1.54) is 51.4 Å². The van der Waals surface area contributed by atoms with Gasteiger partial charge in [-0.05, 0) is 32.1 Å². The Kier molecular flexibility index (Phi) is 6.31. The first-order valence-corrected chi connectivity index (χ1v) is 6.89. The Morgan fingerprint density at radius 1 is 1.07 bits per heavy atom. The summed E-state index contributed by atoms with van der Waals surface area (Å²) in [6, 6.07) is 0. The molecule has 1 rings (SSSR count). The van der Waals surface area contributed by atoms with Gasteiger partial charge < -0.3 is 4.74 Å². The molecular weight excluding hydrogens is 184 g/mol. The molecule has 0 amide bonds. The second-order valence-electron chi connectivity index (χ2n) is 5.22. The van der Waals surface area contributed by atoms with Gasteiger partial charge in [0.15, 0.2) is 0 Å². The van der Waals surface area contributed by atoms with E-state index in [0.717, 1.165) is 5.92 Å². The Labute approximate surface area is 95.6 Å². The summed E-state index contributed by atoms with van der Waals surface area (Å²) in [4.78, 5) is 0. The highest BCUT2D eigenvalue weighted by Crippen LogP contribution is 2.25. The molecule has 0 aromatic rings. The van der Waals surface area contributed by atoms with Crippen LogP contribution >= 0.6 is 0 Å². The summed E-state index contributed by atoms with van der Waals surface area (Å²) in [5, 5.41) is 0. The van der Waals surface area contributed by atoms with Gasteiger partial charge in [-0.25, -0.2) is 0 Å². The number of unbranched alkanes of at least 4 members (excludes halogenated alkanes) is 3. The van der Waals surface area contributed by atoms with Gasteiger partial charge in [-0.1, -0.05) is 46.0 Å². The van der Waals surface area contributed by atoms with Crippen LogP contribution in [0.1, 0.15) is 72.1 Å². The lowest BCUT2D eigenvalue weighted by atomic mass is 9.99. The van der Waals surface area contributed by atoms with E-state index in [2.05, 4.69) is 20.8 Å². The van der Waals surface area contributed by atoms with E-state index >= 15 is 0 Å². The van der Waals surface area contributed by atoms with Crippen LogP contribution in [-0.2, 0) is 4.74 Å². The van der Waals surface area contributed by atoms with Gasteiger partial charge in [-0.2, -0.15) is 0 Å². The van der Waals surface area contributed by atoms with Crippen molar-refractivity contribution in [2.24, 2.45) is 5.92 Å². The van der Waals surface area contributed by atoms with Crippen molar-refractivity contribution >= 4 is 0 Å². The lowest BCUT2D eigenvalue weighted by Gasteiger charge is -2.21. The molecule has 1 saturated heterocycles. The molecule has 0 aliphatic carbocycles. The van der Waals surface area contributed by atoms with Crippen LogP contribution in [0.3, 0.4) is 0 Å². The standard InChI is InChI=1S/C14H28O/c1-4-5-6-7-10-14-11-8-9-12(2)13(3)15-14/h12-14H,4-11H2,1-3H3/t12-,13+,14+/m1/s1. The zero-order valence-corrected chi connectivity index (χ0v) is 10.8. The molecule has 90 valence electrons. The van der Waals surface area contributed by atoms with E-state index in [-0.39, 0.29) is 0 Å². The zero-order chi connectivity index (χ0) is 11.1. The normalized spacial score (nSPS) is 32.6. The summed E-state index contributed by atoms with van der Waals surface area (Å²) in [6.45, 7) is 6.84. The molecule has 15 heavy (non-hydrogen) atoms. The second-order valence-corrected chi connectivity index (χ2v) is 5.22. The molecule has 1 aliphatic rings. The molecule has 0 aromatic heterocycles. The molecule has 1 nitrogen and oxygen atoms in total. The molecule has 0 aromatic carbocycles. The van der Waals surface area contributed by atoms with Crippen molar-refractivity contribution in [2.75, 3.05) is 0 Å². The smallest absolute Gasteiger partial charge is 0.0578 e. The highest BCUT2D eigenvalue weighted by Gasteiger charge is 2.22. The van der Waals surface area contributed by atoms with E-state index in [1.807, 2.05) is 0 Å². The van der Waals surface area contributed by atoms with Crippen LogP contribution < -0.4 is 0 Å². The molecule has 0 radical (unpaired) electrons. The molecule has 1 aliphatic heterocycles. The van der Waals surface area contributed by atoms with E-state index in [4.69, 9.17) is 4.74 Å². The van der Waals surface area contributed by atoms with Gasteiger partial charge >= 0.3 is 0 Å². The maximum Gasteiger partial charge on any atom is 0.0578 e. The Balaban J connectivity index is 2.17. The van der Waals surface area contributed by atoms with Crippen LogP contribution in [0.4, 0.5) is 0 Å². The summed E-state index contributed by atoms with van der Waals surface area (Å²) in [5.41, 5.74) is 0. The topological polar surface area (TPSA) is 9.23 Å². The maximum atomic E-state index is 6.10. The maximum absolute atomic E-state index is 6.10. The minimum absolute atomic E-state index is 0.476. The molecule has 1 heteroatoms. The minimum Gasteiger partial charge on any atom is -0.375 e. The molecule has 1 heterocycles. The average molecular weight is 212 g/mol. The first kappa shape index (κ1) is 13.0. The quantitative estimate of drug-likeness (QED) is 0.607. The molecule has 1 fully saturated rings. The number of hydrogen-bond acceptors (Lipinski definition) is 1. The van der Waals surface area contributed by atoms with Crippen molar-refractivity contribution in [1.29, 1.82) is 0 Å². The minimum atomic E-state index is 0.476. The Morgan fingerprint density at radius 3 is 2.60 bits per heavy atom. The van der Waals surface area contributed by atoms with Crippen LogP contribution in [0.15, 0.2) is 0 Å². The molecular formula is C14H28O. The van der Waals surface area contributed by atoms with Gasteiger partial charge in [0, 0.05) is 0 Å². The number of rotatable bonds is 5. The van der Waals surface area contributed by atoms with Gasteiger partial charge in [0.1, 0.15) is 0 Å². The van der Waals surface area contributed by atoms with Gasteiger partial charge in [0.2, 0.25) is 0 Å². The first-order chi connectivity index (χ1) is 7.24. The molecule has 0 unspecified atom stereocenters. The Bertz CT molecular complexity index is 155. The van der Waals surface area contributed by atoms with E-state index < -0.39 is 0 Å². The summed E-state index contributed by atoms with van der Waals surface area (Å²) in [5.74, 6) is 0.755. The van der Waals surface area contributed by atoms with Gasteiger partial charge in [-0.3, -0.25) is 0 Å². The third kappa shape index (κ3) is 5.01. The van der Waals surface area contributed by atoms with Crippen LogP contribution in [-0.4, -0.2) is 12.2 Å². The van der Waals surface area contributed by atoms with Crippen molar-refractivity contribution in [3.63, 3.8) is 0 Å². The predicted octanol–water partition coefficient (Wildman–Crippen LogP) is 4.55. The second kappa shape index (κ2) is 7.27. The van der Waals surface area contributed by atoms with Gasteiger partial charge in [-0.15, -0.1) is 0 Å². The zero-order valence-electron chi connectivity index (χ0n) is 10.8. The Hall–Kier alpha value is -0.0400. The van der Waals surface area contributed by atoms with E-state index in [0.29, 0.717) is 12.2 Å².